The van der Waals surface area contributed by atoms with E-state index in [0.29, 0.717) is 28.6 Å². The van der Waals surface area contributed by atoms with Crippen LogP contribution in [0.3, 0.4) is 0 Å². The molecule has 2 N–H and O–H groups in total. The van der Waals surface area contributed by atoms with Crippen LogP contribution in [0.2, 0.25) is 0 Å². The molecular formula is C18H16N2O5S. The van der Waals surface area contributed by atoms with E-state index in [1.165, 1.54) is 0 Å². The molecule has 0 radical (unpaired) electrons. The fourth-order valence-corrected chi connectivity index (χ4v) is 3.85. The van der Waals surface area contributed by atoms with Gasteiger partial charge in [0.1, 0.15) is 5.75 Å². The monoisotopic (exact) mass is 372 g/mol. The fraction of sp³-hybridized carbons (Fsp3) is 0.167. The van der Waals surface area contributed by atoms with Crippen LogP contribution in [0.4, 0.5) is 11.4 Å². The Morgan fingerprint density at radius 1 is 1.15 bits per heavy atom. The van der Waals surface area contributed by atoms with Crippen LogP contribution in [0.15, 0.2) is 53.4 Å². The Morgan fingerprint density at radius 3 is 2.54 bits per heavy atom. The Labute approximate surface area is 152 Å². The van der Waals surface area contributed by atoms with E-state index in [1.54, 1.807) is 48.5 Å². The molecule has 2 atom stereocenters. The van der Waals surface area contributed by atoms with Crippen molar-refractivity contribution < 1.29 is 23.3 Å². The Hall–Kier alpha value is -3.00. The molecule has 0 aliphatic carbocycles. The van der Waals surface area contributed by atoms with E-state index in [-0.39, 0.29) is 0 Å². The summed E-state index contributed by atoms with van der Waals surface area (Å²) in [5.41, 5.74) is 0.751. The third-order valence-electron chi connectivity index (χ3n) is 3.70. The van der Waals surface area contributed by atoms with Gasteiger partial charge in [-0.3, -0.25) is 18.6 Å². The Morgan fingerprint density at radius 2 is 1.85 bits per heavy atom. The van der Waals surface area contributed by atoms with Crippen molar-refractivity contribution in [2.24, 2.45) is 0 Å². The molecule has 0 bridgehead atoms. The van der Waals surface area contributed by atoms with Crippen LogP contribution in [0.5, 0.6) is 5.75 Å². The van der Waals surface area contributed by atoms with Crippen molar-refractivity contribution in [1.82, 2.24) is 0 Å². The summed E-state index contributed by atoms with van der Waals surface area (Å²) in [4.78, 5) is 37.1. The zero-order valence-electron chi connectivity index (χ0n) is 13.9. The molecule has 0 spiro atoms. The number of hydrogen-bond acceptors (Lipinski definition) is 5. The van der Waals surface area contributed by atoms with Crippen LogP contribution >= 0.6 is 0 Å². The summed E-state index contributed by atoms with van der Waals surface area (Å²) in [5, 5.41) is 3.35. The molecule has 3 rings (SSSR count). The Bertz CT molecular complexity index is 895. The highest BCUT2D eigenvalue weighted by Gasteiger charge is 2.41. The minimum atomic E-state index is -1.94. The lowest BCUT2D eigenvalue weighted by Gasteiger charge is -2.22. The van der Waals surface area contributed by atoms with Crippen molar-refractivity contribution >= 4 is 39.8 Å². The number of hydrogen-bond donors (Lipinski definition) is 2. The van der Waals surface area contributed by atoms with Crippen molar-refractivity contribution in [3.63, 3.8) is 0 Å². The lowest BCUT2D eigenvalue weighted by molar-refractivity contribution is -0.136. The van der Waals surface area contributed by atoms with Gasteiger partial charge in [0.15, 0.2) is 5.25 Å². The molecule has 2 aromatic carbocycles. The molecule has 7 nitrogen and oxygen atoms in total. The van der Waals surface area contributed by atoms with Crippen LogP contribution in [0.25, 0.3) is 0 Å². The summed E-state index contributed by atoms with van der Waals surface area (Å²) in [6, 6.07) is 12.9. The summed E-state index contributed by atoms with van der Waals surface area (Å²) >= 11 is 0. The molecule has 1 heterocycles. The lowest BCUT2D eigenvalue weighted by Crippen LogP contribution is -2.46. The second-order valence-electron chi connectivity index (χ2n) is 5.44. The first-order valence-electron chi connectivity index (χ1n) is 7.89. The zero-order chi connectivity index (χ0) is 18.7. The normalized spacial score (nSPS) is 18.4. The van der Waals surface area contributed by atoms with Crippen LogP contribution in [-0.2, 0) is 25.2 Å². The predicted octanol–water partition coefficient (Wildman–Crippen LogP) is 1.72. The average molecular weight is 372 g/mol. The number of fused-ring (bicyclic) bond motifs is 1. The van der Waals surface area contributed by atoms with E-state index in [1.807, 2.05) is 6.92 Å². The third-order valence-corrected chi connectivity index (χ3v) is 5.34. The highest BCUT2D eigenvalue weighted by atomic mass is 32.2. The van der Waals surface area contributed by atoms with Gasteiger partial charge in [-0.25, -0.2) is 0 Å². The van der Waals surface area contributed by atoms with Gasteiger partial charge in [0.2, 0.25) is 11.7 Å². The number of para-hydroxylation sites is 1. The maximum absolute atomic E-state index is 12.6. The standard InChI is InChI=1S/C18H16N2O5S/c1-2-25-12-9-7-11(8-10-12)19-17(22)15(21)16-18(23)20-13-5-3-4-6-14(13)26(16)24/h3-10,16H,2H2,1H3,(H,19,22)(H,20,23)/t16-,26+/m0/s1. The fourth-order valence-electron chi connectivity index (χ4n) is 2.50. The van der Waals surface area contributed by atoms with Gasteiger partial charge in [0.25, 0.3) is 5.91 Å². The molecule has 8 heteroatoms. The molecule has 1 aliphatic heterocycles. The summed E-state index contributed by atoms with van der Waals surface area (Å²) in [6.45, 7) is 2.36. The molecule has 0 saturated carbocycles. The van der Waals surface area contributed by atoms with Crippen LogP contribution in [0.1, 0.15) is 6.92 Å². The molecule has 26 heavy (non-hydrogen) atoms. The molecule has 0 unspecified atom stereocenters. The number of benzene rings is 2. The van der Waals surface area contributed by atoms with Gasteiger partial charge in [-0.05, 0) is 43.3 Å². The highest BCUT2D eigenvalue weighted by Crippen LogP contribution is 2.27. The van der Waals surface area contributed by atoms with Crippen molar-refractivity contribution in [1.29, 1.82) is 0 Å². The minimum Gasteiger partial charge on any atom is -0.494 e. The van der Waals surface area contributed by atoms with Gasteiger partial charge in [-0.1, -0.05) is 12.1 Å². The third kappa shape index (κ3) is 3.50. The molecule has 1 aliphatic rings. The summed E-state index contributed by atoms with van der Waals surface area (Å²) < 4.78 is 17.9. The zero-order valence-corrected chi connectivity index (χ0v) is 14.7. The predicted molar refractivity (Wildman–Crippen MR) is 96.5 cm³/mol. The van der Waals surface area contributed by atoms with Gasteiger partial charge >= 0.3 is 0 Å². The van der Waals surface area contributed by atoms with E-state index < -0.39 is 33.6 Å². The lowest BCUT2D eigenvalue weighted by atomic mass is 10.2. The van der Waals surface area contributed by atoms with E-state index in [4.69, 9.17) is 4.74 Å². The average Bonchev–Trinajstić information content (AvgIpc) is 2.63. The molecule has 0 fully saturated rings. The van der Waals surface area contributed by atoms with Crippen molar-refractivity contribution in [3.05, 3.63) is 48.5 Å². The molecule has 2 aromatic rings. The number of carbonyl (C=O) groups excluding carboxylic acids is 3. The number of amides is 2. The quantitative estimate of drug-likeness (QED) is 0.615. The van der Waals surface area contributed by atoms with E-state index in [0.717, 1.165) is 0 Å². The van der Waals surface area contributed by atoms with Gasteiger partial charge in [0.05, 0.1) is 28.0 Å². The summed E-state index contributed by atoms with van der Waals surface area (Å²) in [7, 11) is -1.94. The second-order valence-corrected chi connectivity index (χ2v) is 6.94. The Balaban J connectivity index is 1.75. The smallest absolute Gasteiger partial charge is 0.293 e. The summed E-state index contributed by atoms with van der Waals surface area (Å²) in [5.74, 6) is -2.18. The molecule has 0 aromatic heterocycles. The molecule has 2 amide bonds. The second kappa shape index (κ2) is 7.49. The van der Waals surface area contributed by atoms with Gasteiger partial charge in [0, 0.05) is 5.69 Å². The first-order valence-corrected chi connectivity index (χ1v) is 9.11. The van der Waals surface area contributed by atoms with Crippen molar-refractivity contribution in [3.8, 4) is 5.75 Å². The van der Waals surface area contributed by atoms with Crippen LogP contribution < -0.4 is 15.4 Å². The first-order chi connectivity index (χ1) is 12.5. The highest BCUT2D eigenvalue weighted by molar-refractivity contribution is 7.87. The van der Waals surface area contributed by atoms with Crippen LogP contribution in [-0.4, -0.2) is 33.7 Å². The van der Waals surface area contributed by atoms with E-state index >= 15 is 0 Å². The Kier molecular flexibility index (Phi) is 5.13. The number of anilines is 2. The number of ether oxygens (including phenoxy) is 1. The number of rotatable bonds is 5. The number of Topliss-reactive ketones (excluding diaryl/α,β-unsaturated/α-hetero) is 1. The van der Waals surface area contributed by atoms with E-state index in [2.05, 4.69) is 10.6 Å². The topological polar surface area (TPSA) is 102 Å². The number of carbonyl (C=O) groups is 3. The minimum absolute atomic E-state index is 0.319. The molecule has 0 saturated heterocycles. The van der Waals surface area contributed by atoms with Crippen molar-refractivity contribution in [2.75, 3.05) is 17.2 Å². The van der Waals surface area contributed by atoms with E-state index in [9.17, 15) is 18.6 Å². The van der Waals surface area contributed by atoms with Crippen LogP contribution in [0, 0.1) is 0 Å². The maximum Gasteiger partial charge on any atom is 0.293 e. The number of nitrogens with one attached hydrogen (secondary N) is 2. The maximum atomic E-state index is 12.6. The SMILES string of the molecule is CCOc1ccc(NC(=O)C(=O)[C@H]2C(=O)Nc3ccccc3[S@]2=O)cc1. The van der Waals surface area contributed by atoms with Crippen molar-refractivity contribution in [2.45, 2.75) is 17.1 Å². The van der Waals surface area contributed by atoms with Gasteiger partial charge in [-0.2, -0.15) is 0 Å². The molecular weight excluding hydrogens is 356 g/mol. The number of ketones is 1. The first kappa shape index (κ1) is 17.8. The van der Waals surface area contributed by atoms with Gasteiger partial charge in [-0.15, -0.1) is 0 Å². The largest absolute Gasteiger partial charge is 0.494 e. The summed E-state index contributed by atoms with van der Waals surface area (Å²) in [6.07, 6.45) is 0. The van der Waals surface area contributed by atoms with Gasteiger partial charge < -0.3 is 15.4 Å². The molecule has 134 valence electrons.